The minimum Gasteiger partial charge on any atom is -0.480 e. The highest BCUT2D eigenvalue weighted by Crippen LogP contribution is 2.47. The molecule has 1 saturated carbocycles. The molecule has 0 bridgehead atoms. The first-order valence-electron chi connectivity index (χ1n) is 9.23. The number of nitrogens with zero attached hydrogens (tertiary/aromatic N) is 1. The highest BCUT2D eigenvalue weighted by atomic mass is 16.4. The van der Waals surface area contributed by atoms with Crippen LogP contribution in [-0.4, -0.2) is 47.9 Å². The normalized spacial score (nSPS) is 15.4. The smallest absolute Gasteiger partial charge is 0.326 e. The summed E-state index contributed by atoms with van der Waals surface area (Å²) in [5.41, 5.74) is 1.81. The third-order valence-corrected chi connectivity index (χ3v) is 5.10. The molecule has 6 heteroatoms. The summed E-state index contributed by atoms with van der Waals surface area (Å²) in [5.74, 6) is -1.89. The van der Waals surface area contributed by atoms with Crippen molar-refractivity contribution in [3.63, 3.8) is 0 Å². The molecule has 2 N–H and O–H groups in total. The van der Waals surface area contributed by atoms with Crippen molar-refractivity contribution in [2.75, 3.05) is 14.1 Å². The zero-order valence-electron chi connectivity index (χ0n) is 16.0. The Balaban J connectivity index is 1.69. The van der Waals surface area contributed by atoms with Crippen molar-refractivity contribution in [2.45, 2.75) is 25.3 Å². The van der Waals surface area contributed by atoms with Gasteiger partial charge in [0.05, 0.1) is 0 Å². The van der Waals surface area contributed by atoms with Crippen LogP contribution in [0.3, 0.4) is 0 Å². The molecule has 6 nitrogen and oxygen atoms in total. The fourth-order valence-electron chi connectivity index (χ4n) is 3.29. The first-order chi connectivity index (χ1) is 13.3. The van der Waals surface area contributed by atoms with Gasteiger partial charge < -0.3 is 15.3 Å². The molecule has 1 aliphatic rings. The third-order valence-electron chi connectivity index (χ3n) is 5.10. The predicted molar refractivity (Wildman–Crippen MR) is 106 cm³/mol. The number of amides is 2. The van der Waals surface area contributed by atoms with E-state index in [-0.39, 0.29) is 12.3 Å². The summed E-state index contributed by atoms with van der Waals surface area (Å²) in [7, 11) is 3.19. The lowest BCUT2D eigenvalue weighted by molar-refractivity contribution is -0.147. The molecule has 0 spiro atoms. The fraction of sp³-hybridized carbons (Fsp3) is 0.318. The van der Waals surface area contributed by atoms with Gasteiger partial charge in [0.2, 0.25) is 11.8 Å². The molecule has 1 atom stereocenters. The van der Waals surface area contributed by atoms with Crippen molar-refractivity contribution in [1.82, 2.24) is 10.2 Å². The minimum atomic E-state index is -1.12. The molecule has 2 aromatic rings. The molecule has 28 heavy (non-hydrogen) atoms. The maximum Gasteiger partial charge on any atom is 0.326 e. The lowest BCUT2D eigenvalue weighted by Crippen LogP contribution is -2.49. The lowest BCUT2D eigenvalue weighted by Gasteiger charge is -2.22. The van der Waals surface area contributed by atoms with Gasteiger partial charge in [-0.15, -0.1) is 0 Å². The molecule has 0 unspecified atom stereocenters. The van der Waals surface area contributed by atoms with Crippen molar-refractivity contribution in [2.24, 2.45) is 5.41 Å². The number of rotatable bonds is 7. The minimum absolute atomic E-state index is 0.155. The number of benzene rings is 2. The zero-order chi connectivity index (χ0) is 20.3. The fourth-order valence-corrected chi connectivity index (χ4v) is 3.29. The molecule has 0 heterocycles. The number of aliphatic carboxylic acids is 1. The van der Waals surface area contributed by atoms with Crippen molar-refractivity contribution >= 4 is 17.8 Å². The van der Waals surface area contributed by atoms with Gasteiger partial charge in [-0.1, -0.05) is 54.6 Å². The SMILES string of the molecule is CN(C)C(=O)C1(C(=O)N[C@@H](Cc2ccc(-c3ccccc3)cc2)C(=O)O)CC1. The van der Waals surface area contributed by atoms with E-state index in [4.69, 9.17) is 0 Å². The summed E-state index contributed by atoms with van der Waals surface area (Å²) in [5, 5.41) is 12.1. The van der Waals surface area contributed by atoms with Gasteiger partial charge in [-0.3, -0.25) is 9.59 Å². The standard InChI is InChI=1S/C22H24N2O4/c1-24(2)21(28)22(12-13-22)20(27)23-18(19(25)26)14-15-8-10-17(11-9-15)16-6-4-3-5-7-16/h3-11,18H,12-14H2,1-2H3,(H,23,27)(H,25,26)/t18-/m0/s1. The van der Waals surface area contributed by atoms with Gasteiger partial charge in [0.1, 0.15) is 11.5 Å². The van der Waals surface area contributed by atoms with Gasteiger partial charge >= 0.3 is 5.97 Å². The molecule has 0 aliphatic heterocycles. The van der Waals surface area contributed by atoms with Crippen LogP contribution in [0.5, 0.6) is 0 Å². The lowest BCUT2D eigenvalue weighted by atomic mass is 9.99. The molecule has 2 aromatic carbocycles. The van der Waals surface area contributed by atoms with Crippen LogP contribution in [0, 0.1) is 5.41 Å². The summed E-state index contributed by atoms with van der Waals surface area (Å²) < 4.78 is 0. The first-order valence-corrected chi connectivity index (χ1v) is 9.23. The van der Waals surface area contributed by atoms with Crippen LogP contribution >= 0.6 is 0 Å². The van der Waals surface area contributed by atoms with Crippen molar-refractivity contribution in [3.8, 4) is 11.1 Å². The molecule has 0 radical (unpaired) electrons. The first kappa shape index (κ1) is 19.6. The average Bonchev–Trinajstić information content (AvgIpc) is 3.50. The summed E-state index contributed by atoms with van der Waals surface area (Å²) in [6.07, 6.45) is 1.06. The van der Waals surface area contributed by atoms with E-state index in [1.807, 2.05) is 54.6 Å². The molecule has 3 rings (SSSR count). The van der Waals surface area contributed by atoms with E-state index < -0.39 is 23.3 Å². The Morgan fingerprint density at radius 3 is 2.07 bits per heavy atom. The number of hydrogen-bond acceptors (Lipinski definition) is 3. The topological polar surface area (TPSA) is 86.7 Å². The van der Waals surface area contributed by atoms with E-state index in [2.05, 4.69) is 5.32 Å². The van der Waals surface area contributed by atoms with E-state index in [0.717, 1.165) is 16.7 Å². The monoisotopic (exact) mass is 380 g/mol. The second kappa shape index (κ2) is 7.84. The Morgan fingerprint density at radius 2 is 1.57 bits per heavy atom. The largest absolute Gasteiger partial charge is 0.480 e. The van der Waals surface area contributed by atoms with E-state index in [9.17, 15) is 19.5 Å². The van der Waals surface area contributed by atoms with E-state index in [1.54, 1.807) is 14.1 Å². The number of hydrogen-bond donors (Lipinski definition) is 2. The summed E-state index contributed by atoms with van der Waals surface area (Å²) in [6, 6.07) is 16.4. The predicted octanol–water partition coefficient (Wildman–Crippen LogP) is 2.33. The average molecular weight is 380 g/mol. The number of carbonyl (C=O) groups excluding carboxylic acids is 2. The van der Waals surface area contributed by atoms with Gasteiger partial charge in [-0.05, 0) is 29.5 Å². The molecule has 1 fully saturated rings. The molecule has 1 aliphatic carbocycles. The van der Waals surface area contributed by atoms with Crippen molar-refractivity contribution < 1.29 is 19.5 Å². The zero-order valence-corrected chi connectivity index (χ0v) is 16.0. The van der Waals surface area contributed by atoms with Crippen LogP contribution in [0.15, 0.2) is 54.6 Å². The van der Waals surface area contributed by atoms with Crippen LogP contribution in [-0.2, 0) is 20.8 Å². The maximum atomic E-state index is 12.6. The number of carbonyl (C=O) groups is 3. The second-order valence-corrected chi connectivity index (χ2v) is 7.41. The molecule has 0 saturated heterocycles. The van der Waals surface area contributed by atoms with Gasteiger partial charge in [-0.2, -0.15) is 0 Å². The van der Waals surface area contributed by atoms with Crippen molar-refractivity contribution in [3.05, 3.63) is 60.2 Å². The highest BCUT2D eigenvalue weighted by Gasteiger charge is 2.57. The van der Waals surface area contributed by atoms with Gasteiger partial charge in [-0.25, -0.2) is 4.79 Å². The molecule has 146 valence electrons. The summed E-state index contributed by atoms with van der Waals surface area (Å²) in [4.78, 5) is 37.9. The van der Waals surface area contributed by atoms with E-state index in [1.165, 1.54) is 4.90 Å². The summed E-state index contributed by atoms with van der Waals surface area (Å²) in [6.45, 7) is 0. The van der Waals surface area contributed by atoms with Crippen molar-refractivity contribution in [1.29, 1.82) is 0 Å². The quantitative estimate of drug-likeness (QED) is 0.722. The van der Waals surface area contributed by atoms with Gasteiger partial charge in [0.25, 0.3) is 0 Å². The summed E-state index contributed by atoms with van der Waals surface area (Å²) >= 11 is 0. The Bertz CT molecular complexity index is 871. The van der Waals surface area contributed by atoms with Crippen LogP contribution in [0.25, 0.3) is 11.1 Å². The van der Waals surface area contributed by atoms with Crippen LogP contribution in [0.1, 0.15) is 18.4 Å². The number of carboxylic acid groups (broad SMARTS) is 1. The Labute approximate surface area is 164 Å². The van der Waals surface area contributed by atoms with E-state index in [0.29, 0.717) is 12.8 Å². The highest BCUT2D eigenvalue weighted by molar-refractivity contribution is 6.08. The molecule has 0 aromatic heterocycles. The van der Waals surface area contributed by atoms with Gasteiger partial charge in [0.15, 0.2) is 0 Å². The molecular formula is C22H24N2O4. The van der Waals surface area contributed by atoms with Crippen LogP contribution in [0.4, 0.5) is 0 Å². The second-order valence-electron chi connectivity index (χ2n) is 7.41. The van der Waals surface area contributed by atoms with Gasteiger partial charge in [0, 0.05) is 20.5 Å². The van der Waals surface area contributed by atoms with Crippen LogP contribution in [0.2, 0.25) is 0 Å². The molecular weight excluding hydrogens is 356 g/mol. The Hall–Kier alpha value is -3.15. The third kappa shape index (κ3) is 4.06. The number of carboxylic acids is 1. The Kier molecular flexibility index (Phi) is 5.49. The van der Waals surface area contributed by atoms with E-state index >= 15 is 0 Å². The maximum absolute atomic E-state index is 12.6. The molecule has 2 amide bonds. The number of nitrogens with one attached hydrogen (secondary N) is 1. The van der Waals surface area contributed by atoms with Crippen LogP contribution < -0.4 is 5.32 Å². The Morgan fingerprint density at radius 1 is 1.00 bits per heavy atom.